The molecule has 0 aliphatic carbocycles. The maximum absolute atomic E-state index is 5.43. The molecule has 1 unspecified atom stereocenters. The lowest BCUT2D eigenvalue weighted by molar-refractivity contribution is 0.104. The van der Waals surface area contributed by atoms with Crippen molar-refractivity contribution in [1.29, 1.82) is 0 Å². The molecule has 0 aromatic rings. The van der Waals surface area contributed by atoms with Gasteiger partial charge in [0.05, 0.1) is 6.10 Å². The van der Waals surface area contributed by atoms with Gasteiger partial charge in [-0.3, -0.25) is 0 Å². The largest absolute Gasteiger partial charge is 0.378 e. The smallest absolute Gasteiger partial charge is 0.0575 e. The SMILES string of the molecule is [Si]CCCC1CCCO1. The molecular formula is C7H13OSi. The van der Waals surface area contributed by atoms with Gasteiger partial charge in [0, 0.05) is 16.8 Å². The van der Waals surface area contributed by atoms with Crippen LogP contribution in [-0.2, 0) is 4.74 Å². The van der Waals surface area contributed by atoms with Gasteiger partial charge in [-0.2, -0.15) is 0 Å². The number of hydrogen-bond acceptors (Lipinski definition) is 1. The summed E-state index contributed by atoms with van der Waals surface area (Å²) in [4.78, 5) is 0. The van der Waals surface area contributed by atoms with Gasteiger partial charge in [0.15, 0.2) is 0 Å². The van der Waals surface area contributed by atoms with Crippen molar-refractivity contribution in [3.63, 3.8) is 0 Å². The first-order chi connectivity index (χ1) is 4.43. The molecule has 1 rings (SSSR count). The highest BCUT2D eigenvalue weighted by molar-refractivity contribution is 6.08. The van der Waals surface area contributed by atoms with Crippen LogP contribution in [0.5, 0.6) is 0 Å². The Morgan fingerprint density at radius 1 is 1.56 bits per heavy atom. The normalized spacial score (nSPS) is 27.0. The van der Waals surface area contributed by atoms with Gasteiger partial charge in [-0.1, -0.05) is 12.5 Å². The van der Waals surface area contributed by atoms with Crippen molar-refractivity contribution in [3.05, 3.63) is 0 Å². The van der Waals surface area contributed by atoms with Crippen LogP contribution in [0.4, 0.5) is 0 Å². The van der Waals surface area contributed by atoms with Gasteiger partial charge in [-0.25, -0.2) is 0 Å². The van der Waals surface area contributed by atoms with E-state index in [1.54, 1.807) is 0 Å². The molecule has 9 heavy (non-hydrogen) atoms. The van der Waals surface area contributed by atoms with Crippen LogP contribution in [0.3, 0.4) is 0 Å². The fourth-order valence-corrected chi connectivity index (χ4v) is 1.41. The average molecular weight is 141 g/mol. The monoisotopic (exact) mass is 141 g/mol. The molecule has 1 atom stereocenters. The zero-order valence-corrected chi connectivity index (χ0v) is 6.73. The van der Waals surface area contributed by atoms with Gasteiger partial charge in [0.1, 0.15) is 0 Å². The summed E-state index contributed by atoms with van der Waals surface area (Å²) in [6.45, 7) is 0.992. The van der Waals surface area contributed by atoms with Crippen LogP contribution in [0.25, 0.3) is 0 Å². The number of ether oxygens (including phenoxy) is 1. The predicted octanol–water partition coefficient (Wildman–Crippen LogP) is 1.53. The first-order valence-corrected chi connectivity index (χ1v) is 4.40. The molecule has 0 aromatic heterocycles. The molecule has 1 heterocycles. The molecule has 0 bridgehead atoms. The first-order valence-electron chi connectivity index (χ1n) is 3.69. The summed E-state index contributed by atoms with van der Waals surface area (Å²) in [5.74, 6) is 0. The van der Waals surface area contributed by atoms with Crippen molar-refractivity contribution in [2.75, 3.05) is 6.61 Å². The van der Waals surface area contributed by atoms with Gasteiger partial charge >= 0.3 is 0 Å². The molecule has 0 saturated carbocycles. The van der Waals surface area contributed by atoms with Gasteiger partial charge in [-0.05, 0) is 19.3 Å². The quantitative estimate of drug-likeness (QED) is 0.542. The van der Waals surface area contributed by atoms with Gasteiger partial charge in [-0.15, -0.1) is 0 Å². The lowest BCUT2D eigenvalue weighted by Crippen LogP contribution is -2.03. The van der Waals surface area contributed by atoms with E-state index in [1.807, 2.05) is 0 Å². The van der Waals surface area contributed by atoms with Crippen molar-refractivity contribution >= 4 is 10.2 Å². The minimum absolute atomic E-state index is 0.585. The molecule has 0 amide bonds. The molecule has 0 spiro atoms. The van der Waals surface area contributed by atoms with E-state index in [0.29, 0.717) is 6.10 Å². The Balaban J connectivity index is 1.98. The van der Waals surface area contributed by atoms with Crippen molar-refractivity contribution in [3.8, 4) is 0 Å². The van der Waals surface area contributed by atoms with Gasteiger partial charge in [0.2, 0.25) is 0 Å². The minimum Gasteiger partial charge on any atom is -0.378 e. The van der Waals surface area contributed by atoms with Crippen LogP contribution < -0.4 is 0 Å². The molecule has 1 saturated heterocycles. The Labute approximate surface area is 60.2 Å². The summed E-state index contributed by atoms with van der Waals surface area (Å²) in [6, 6.07) is 1.11. The van der Waals surface area contributed by atoms with E-state index in [9.17, 15) is 0 Å². The van der Waals surface area contributed by atoms with Gasteiger partial charge < -0.3 is 4.74 Å². The minimum atomic E-state index is 0.585. The highest BCUT2D eigenvalue weighted by Gasteiger charge is 2.13. The third-order valence-electron chi connectivity index (χ3n) is 1.73. The molecule has 51 valence electrons. The van der Waals surface area contributed by atoms with E-state index in [4.69, 9.17) is 4.74 Å². The topological polar surface area (TPSA) is 9.23 Å². The zero-order chi connectivity index (χ0) is 6.53. The van der Waals surface area contributed by atoms with E-state index in [2.05, 4.69) is 10.2 Å². The molecular weight excluding hydrogens is 128 g/mol. The molecule has 1 aliphatic rings. The van der Waals surface area contributed by atoms with Crippen molar-refractivity contribution in [2.45, 2.75) is 37.8 Å². The van der Waals surface area contributed by atoms with Crippen LogP contribution in [0.2, 0.25) is 6.04 Å². The van der Waals surface area contributed by atoms with Crippen molar-refractivity contribution in [2.24, 2.45) is 0 Å². The highest BCUT2D eigenvalue weighted by Crippen LogP contribution is 2.16. The molecule has 1 fully saturated rings. The van der Waals surface area contributed by atoms with Crippen LogP contribution in [0.1, 0.15) is 25.7 Å². The summed E-state index contributed by atoms with van der Waals surface area (Å²) < 4.78 is 5.43. The molecule has 1 nitrogen and oxygen atoms in total. The lowest BCUT2D eigenvalue weighted by atomic mass is 10.1. The fourth-order valence-electron chi connectivity index (χ4n) is 1.20. The molecule has 0 N–H and O–H groups in total. The van der Waals surface area contributed by atoms with E-state index in [-0.39, 0.29) is 0 Å². The summed E-state index contributed by atoms with van der Waals surface area (Å²) in [5.41, 5.74) is 0. The van der Waals surface area contributed by atoms with E-state index < -0.39 is 0 Å². The first kappa shape index (κ1) is 7.29. The lowest BCUT2D eigenvalue weighted by Gasteiger charge is -2.06. The van der Waals surface area contributed by atoms with Crippen LogP contribution >= 0.6 is 0 Å². The Morgan fingerprint density at radius 3 is 3.00 bits per heavy atom. The summed E-state index contributed by atoms with van der Waals surface area (Å²) in [5, 5.41) is 0. The molecule has 2 heteroatoms. The van der Waals surface area contributed by atoms with Crippen molar-refractivity contribution in [1.82, 2.24) is 0 Å². The van der Waals surface area contributed by atoms with Crippen LogP contribution in [0, 0.1) is 0 Å². The summed E-state index contributed by atoms with van der Waals surface area (Å²) in [7, 11) is 3.44. The molecule has 1 aliphatic heterocycles. The maximum Gasteiger partial charge on any atom is 0.0575 e. The van der Waals surface area contributed by atoms with Crippen LogP contribution in [-0.4, -0.2) is 23.0 Å². The van der Waals surface area contributed by atoms with E-state index >= 15 is 0 Å². The summed E-state index contributed by atoms with van der Waals surface area (Å²) >= 11 is 0. The van der Waals surface area contributed by atoms with Crippen LogP contribution in [0.15, 0.2) is 0 Å². The zero-order valence-electron chi connectivity index (χ0n) is 5.73. The second-order valence-corrected chi connectivity index (χ2v) is 3.03. The summed E-state index contributed by atoms with van der Waals surface area (Å²) in [6.07, 6.45) is 5.63. The number of hydrogen-bond donors (Lipinski definition) is 0. The predicted molar refractivity (Wildman–Crippen MR) is 38.8 cm³/mol. The van der Waals surface area contributed by atoms with Crippen molar-refractivity contribution < 1.29 is 4.74 Å². The standard InChI is InChI=1S/C7H13OSi/c9-6-2-4-7-3-1-5-8-7/h7H,1-6H2. The Bertz CT molecular complexity index is 69.3. The van der Waals surface area contributed by atoms with E-state index in [1.165, 1.54) is 25.7 Å². The molecule has 0 aromatic carbocycles. The Kier molecular flexibility index (Phi) is 3.29. The average Bonchev–Trinajstić information content (AvgIpc) is 2.34. The van der Waals surface area contributed by atoms with Gasteiger partial charge in [0.25, 0.3) is 0 Å². The third kappa shape index (κ3) is 2.50. The number of rotatable bonds is 3. The Morgan fingerprint density at radius 2 is 2.44 bits per heavy atom. The third-order valence-corrected chi connectivity index (χ3v) is 2.08. The Hall–Kier alpha value is 0.177. The second-order valence-electron chi connectivity index (χ2n) is 2.53. The fraction of sp³-hybridized carbons (Fsp3) is 1.00. The molecule has 3 radical (unpaired) electrons. The maximum atomic E-state index is 5.43. The highest BCUT2D eigenvalue weighted by atomic mass is 28.1. The second kappa shape index (κ2) is 4.07. The van der Waals surface area contributed by atoms with E-state index in [0.717, 1.165) is 12.7 Å².